The summed E-state index contributed by atoms with van der Waals surface area (Å²) in [7, 11) is -3.16. The van der Waals surface area contributed by atoms with E-state index in [4.69, 9.17) is 11.6 Å². The van der Waals surface area contributed by atoms with E-state index in [1.807, 2.05) is 0 Å². The SMILES string of the molecule is CS(=O)(=NCc1cn2cc(-c3noc(C(F)(F)F)n3)ccc2n1)c1ccc(C(F)(F)F)cc1Cl. The number of hydrogen-bond acceptors (Lipinski definition) is 6. The molecule has 1 atom stereocenters. The van der Waals surface area contributed by atoms with Crippen LogP contribution in [0, 0.1) is 0 Å². The van der Waals surface area contributed by atoms with E-state index in [2.05, 4.69) is 24.0 Å². The van der Waals surface area contributed by atoms with Crippen LogP contribution in [0.2, 0.25) is 5.02 Å². The van der Waals surface area contributed by atoms with E-state index in [1.54, 1.807) is 0 Å². The van der Waals surface area contributed by atoms with Crippen molar-refractivity contribution in [2.75, 3.05) is 6.26 Å². The fraction of sp³-hybridized carbons (Fsp3) is 0.211. The maximum absolute atomic E-state index is 13.0. The van der Waals surface area contributed by atoms with Crippen molar-refractivity contribution < 1.29 is 35.1 Å². The molecule has 0 aliphatic carbocycles. The Labute approximate surface area is 192 Å². The number of nitrogens with zero attached hydrogens (tertiary/aromatic N) is 5. The standard InChI is InChI=1S/C19H12ClF6N5O2S/c1-34(32,14-4-3-11(6-13(14)20)18(21,22)23)27-7-12-9-31-8-10(2-5-15(31)28-12)16-29-17(33-30-16)19(24,25)26/h2-6,8-9H,7H2,1H3. The minimum absolute atomic E-state index is 0.0502. The van der Waals surface area contributed by atoms with Gasteiger partial charge in [0, 0.05) is 24.2 Å². The van der Waals surface area contributed by atoms with Crippen LogP contribution in [0.15, 0.2) is 56.5 Å². The highest BCUT2D eigenvalue weighted by Gasteiger charge is 2.38. The van der Waals surface area contributed by atoms with Gasteiger partial charge in [0.05, 0.1) is 37.4 Å². The second-order valence-electron chi connectivity index (χ2n) is 7.07. The Morgan fingerprint density at radius 1 is 1.06 bits per heavy atom. The predicted molar refractivity (Wildman–Crippen MR) is 108 cm³/mol. The molecular formula is C19H12ClF6N5O2S. The first kappa shape index (κ1) is 24.0. The summed E-state index contributed by atoms with van der Waals surface area (Å²) < 4.78 is 99.3. The summed E-state index contributed by atoms with van der Waals surface area (Å²) in [5.41, 5.74) is 0.00234. The number of hydrogen-bond donors (Lipinski definition) is 0. The second kappa shape index (κ2) is 8.27. The monoisotopic (exact) mass is 523 g/mol. The molecule has 1 aromatic carbocycles. The van der Waals surface area contributed by atoms with Crippen LogP contribution in [0.3, 0.4) is 0 Å². The lowest BCUT2D eigenvalue weighted by molar-refractivity contribution is -0.159. The number of aromatic nitrogens is 4. The molecule has 3 aromatic heterocycles. The van der Waals surface area contributed by atoms with Crippen molar-refractivity contribution in [1.29, 1.82) is 0 Å². The lowest BCUT2D eigenvalue weighted by Gasteiger charge is -2.11. The largest absolute Gasteiger partial charge is 0.471 e. The second-order valence-corrected chi connectivity index (χ2v) is 9.78. The van der Waals surface area contributed by atoms with Gasteiger partial charge in [0.2, 0.25) is 5.82 Å². The lowest BCUT2D eigenvalue weighted by Crippen LogP contribution is -2.07. The summed E-state index contributed by atoms with van der Waals surface area (Å²) in [6, 6.07) is 5.42. The van der Waals surface area contributed by atoms with Crippen LogP contribution >= 0.6 is 11.6 Å². The summed E-state index contributed by atoms with van der Waals surface area (Å²) in [5.74, 6) is -1.75. The highest BCUT2D eigenvalue weighted by Crippen LogP contribution is 2.34. The van der Waals surface area contributed by atoms with Crippen LogP contribution in [0.4, 0.5) is 26.3 Å². The van der Waals surface area contributed by atoms with Gasteiger partial charge < -0.3 is 8.92 Å². The number of fused-ring (bicyclic) bond motifs is 1. The average Bonchev–Trinajstić information content (AvgIpc) is 3.38. The summed E-state index contributed by atoms with van der Waals surface area (Å²) in [4.78, 5) is 7.55. The number of benzene rings is 1. The number of rotatable bonds is 4. The molecule has 34 heavy (non-hydrogen) atoms. The molecule has 180 valence electrons. The number of alkyl halides is 6. The Balaban J connectivity index is 1.60. The van der Waals surface area contributed by atoms with Crippen LogP contribution < -0.4 is 0 Å². The topological polar surface area (TPSA) is 85.7 Å². The molecule has 4 rings (SSSR count). The summed E-state index contributed by atoms with van der Waals surface area (Å²) >= 11 is 5.92. The summed E-state index contributed by atoms with van der Waals surface area (Å²) in [6.07, 6.45) is -5.21. The van der Waals surface area contributed by atoms with Crippen molar-refractivity contribution in [3.8, 4) is 11.4 Å². The van der Waals surface area contributed by atoms with E-state index in [0.29, 0.717) is 17.4 Å². The molecule has 0 saturated carbocycles. The van der Waals surface area contributed by atoms with Crippen LogP contribution in [0.1, 0.15) is 17.1 Å². The van der Waals surface area contributed by atoms with Gasteiger partial charge in [-0.05, 0) is 30.3 Å². The highest BCUT2D eigenvalue weighted by atomic mass is 35.5. The van der Waals surface area contributed by atoms with Gasteiger partial charge in [0.15, 0.2) is 0 Å². The maximum Gasteiger partial charge on any atom is 0.471 e. The van der Waals surface area contributed by atoms with Gasteiger partial charge in [0.1, 0.15) is 5.65 Å². The van der Waals surface area contributed by atoms with Crippen LogP contribution in [0.25, 0.3) is 17.0 Å². The molecule has 0 fully saturated rings. The van der Waals surface area contributed by atoms with E-state index in [0.717, 1.165) is 12.1 Å². The Hall–Kier alpha value is -3.13. The van der Waals surface area contributed by atoms with E-state index in [1.165, 1.54) is 35.2 Å². The Kier molecular flexibility index (Phi) is 5.84. The molecular weight excluding hydrogens is 512 g/mol. The third-order valence-corrected chi connectivity index (χ3v) is 6.79. The molecule has 15 heteroatoms. The molecule has 0 N–H and O–H groups in total. The molecule has 1 unspecified atom stereocenters. The number of halogens is 7. The fourth-order valence-corrected chi connectivity index (χ4v) is 4.82. The molecule has 0 amide bonds. The van der Waals surface area contributed by atoms with Gasteiger partial charge in [-0.1, -0.05) is 16.8 Å². The van der Waals surface area contributed by atoms with Gasteiger partial charge in [-0.25, -0.2) is 13.6 Å². The molecule has 7 nitrogen and oxygen atoms in total. The normalized spacial score (nSPS) is 14.4. The first-order chi connectivity index (χ1) is 15.7. The third kappa shape index (κ3) is 4.87. The fourth-order valence-electron chi connectivity index (χ4n) is 2.95. The number of pyridine rings is 1. The van der Waals surface area contributed by atoms with E-state index < -0.39 is 33.5 Å². The zero-order chi connectivity index (χ0) is 24.9. The lowest BCUT2D eigenvalue weighted by atomic mass is 10.2. The van der Waals surface area contributed by atoms with Crippen molar-refractivity contribution >= 4 is 27.0 Å². The molecule has 0 aliphatic rings. The predicted octanol–water partition coefficient (Wildman–Crippen LogP) is 5.73. The van der Waals surface area contributed by atoms with Gasteiger partial charge >= 0.3 is 18.2 Å². The Bertz CT molecular complexity index is 1500. The molecule has 0 radical (unpaired) electrons. The first-order valence-electron chi connectivity index (χ1n) is 9.18. The molecule has 0 bridgehead atoms. The van der Waals surface area contributed by atoms with Crippen molar-refractivity contribution in [2.45, 2.75) is 23.8 Å². The van der Waals surface area contributed by atoms with Crippen LogP contribution in [0.5, 0.6) is 0 Å². The van der Waals surface area contributed by atoms with Crippen LogP contribution in [-0.4, -0.2) is 30.0 Å². The van der Waals surface area contributed by atoms with E-state index in [9.17, 15) is 30.6 Å². The van der Waals surface area contributed by atoms with Crippen molar-refractivity contribution in [2.24, 2.45) is 4.36 Å². The zero-order valence-corrected chi connectivity index (χ0v) is 18.4. The quantitative estimate of drug-likeness (QED) is 0.319. The highest BCUT2D eigenvalue weighted by molar-refractivity contribution is 7.93. The van der Waals surface area contributed by atoms with Gasteiger partial charge in [0.25, 0.3) is 0 Å². The van der Waals surface area contributed by atoms with E-state index in [-0.39, 0.29) is 27.9 Å². The molecule has 0 saturated heterocycles. The summed E-state index contributed by atoms with van der Waals surface area (Å²) in [6.45, 7) is -0.163. The number of imidazole rings is 1. The Morgan fingerprint density at radius 2 is 1.79 bits per heavy atom. The third-order valence-electron chi connectivity index (χ3n) is 4.57. The Morgan fingerprint density at radius 3 is 2.41 bits per heavy atom. The first-order valence-corrected chi connectivity index (χ1v) is 11.5. The smallest absolute Gasteiger partial charge is 0.329 e. The maximum atomic E-state index is 13.0. The summed E-state index contributed by atoms with van der Waals surface area (Å²) in [5, 5.41) is 2.99. The van der Waals surface area contributed by atoms with Gasteiger partial charge in [-0.3, -0.25) is 0 Å². The van der Waals surface area contributed by atoms with Crippen molar-refractivity contribution in [3.63, 3.8) is 0 Å². The van der Waals surface area contributed by atoms with E-state index >= 15 is 0 Å². The zero-order valence-electron chi connectivity index (χ0n) is 16.9. The van der Waals surface area contributed by atoms with Gasteiger partial charge in [-0.2, -0.15) is 31.3 Å². The minimum atomic E-state index is -4.78. The molecule has 0 spiro atoms. The average molecular weight is 524 g/mol. The van der Waals surface area contributed by atoms with Crippen LogP contribution in [-0.2, 0) is 28.6 Å². The van der Waals surface area contributed by atoms with Crippen molar-refractivity contribution in [1.82, 2.24) is 19.5 Å². The molecule has 0 aliphatic heterocycles. The van der Waals surface area contributed by atoms with Gasteiger partial charge in [-0.15, -0.1) is 0 Å². The molecule has 3 heterocycles. The minimum Gasteiger partial charge on any atom is -0.329 e. The molecule has 4 aromatic rings. The van der Waals surface area contributed by atoms with Crippen molar-refractivity contribution in [3.05, 3.63) is 64.9 Å².